The molecule has 0 fully saturated rings. The summed E-state index contributed by atoms with van der Waals surface area (Å²) in [5.41, 5.74) is 1.89. The fraction of sp³-hybridized carbons (Fsp3) is 0.174. The number of aromatic carboxylic acids is 1. The summed E-state index contributed by atoms with van der Waals surface area (Å²) < 4.78 is 0. The minimum atomic E-state index is -1.13. The molecule has 3 rings (SSSR count). The summed E-state index contributed by atoms with van der Waals surface area (Å²) in [6, 6.07) is 14.2. The Balaban J connectivity index is 2.25. The summed E-state index contributed by atoms with van der Waals surface area (Å²) in [4.78, 5) is 35.2. The Morgan fingerprint density at radius 3 is 2.19 bits per heavy atom. The maximum Gasteiger partial charge on any atom is 0.336 e. The molecular weight excluding hydrogens is 432 g/mol. The van der Waals surface area contributed by atoms with Crippen LogP contribution in [0, 0.1) is 20.2 Å². The Kier molecular flexibility index (Phi) is 6.89. The van der Waals surface area contributed by atoms with Crippen molar-refractivity contribution >= 4 is 29.1 Å². The van der Waals surface area contributed by atoms with Gasteiger partial charge in [0.05, 0.1) is 15.4 Å². The molecule has 8 nitrogen and oxygen atoms in total. The van der Waals surface area contributed by atoms with Crippen LogP contribution in [0.5, 0.6) is 0 Å². The van der Waals surface area contributed by atoms with Gasteiger partial charge in [0.2, 0.25) is 0 Å². The SMILES string of the molecule is CCc1cc(Sc2ccc([N+](=O)[O-])c(CC)c2-c2ccccc2C(=O)O)ccc1[N+](=O)[O-]. The number of nitro groups is 2. The van der Waals surface area contributed by atoms with Gasteiger partial charge in [0.1, 0.15) is 0 Å². The molecule has 1 N–H and O–H groups in total. The predicted molar refractivity (Wildman–Crippen MR) is 121 cm³/mol. The number of carbonyl (C=O) groups is 1. The zero-order valence-electron chi connectivity index (χ0n) is 17.4. The van der Waals surface area contributed by atoms with E-state index in [9.17, 15) is 30.1 Å². The first-order valence-corrected chi connectivity index (χ1v) is 10.7. The third-order valence-corrected chi connectivity index (χ3v) is 6.13. The number of nitrogens with zero attached hydrogens (tertiary/aromatic N) is 2. The van der Waals surface area contributed by atoms with Gasteiger partial charge >= 0.3 is 5.97 Å². The van der Waals surface area contributed by atoms with E-state index in [0.717, 1.165) is 4.90 Å². The van der Waals surface area contributed by atoms with Crippen molar-refractivity contribution in [3.05, 3.63) is 91.5 Å². The van der Waals surface area contributed by atoms with Gasteiger partial charge in [-0.05, 0) is 42.7 Å². The molecule has 0 aliphatic rings. The first kappa shape index (κ1) is 23.0. The fourth-order valence-electron chi connectivity index (χ4n) is 3.63. The molecule has 0 aliphatic carbocycles. The standard InChI is InChI=1S/C23H20N2O6S/c1-3-14-13-15(9-10-19(14)24(28)29)32-21-12-11-20(25(30)31)16(4-2)22(21)17-7-5-6-8-18(17)23(26)27/h5-13H,3-4H2,1-2H3,(H,26,27). The molecule has 0 unspecified atom stereocenters. The van der Waals surface area contributed by atoms with Crippen LogP contribution in [0.15, 0.2) is 64.4 Å². The maximum atomic E-state index is 11.9. The Bertz CT molecular complexity index is 1230. The summed E-state index contributed by atoms with van der Waals surface area (Å²) in [7, 11) is 0. The first-order valence-electron chi connectivity index (χ1n) is 9.86. The smallest absolute Gasteiger partial charge is 0.336 e. The number of carboxylic acids is 1. The molecule has 0 spiro atoms. The molecule has 0 amide bonds. The Morgan fingerprint density at radius 2 is 1.59 bits per heavy atom. The van der Waals surface area contributed by atoms with Gasteiger partial charge in [0.25, 0.3) is 11.4 Å². The molecule has 0 aromatic heterocycles. The number of hydrogen-bond donors (Lipinski definition) is 1. The van der Waals surface area contributed by atoms with Crippen LogP contribution in [0.1, 0.15) is 35.3 Å². The second-order valence-electron chi connectivity index (χ2n) is 6.90. The fourth-order valence-corrected chi connectivity index (χ4v) is 4.69. The average molecular weight is 452 g/mol. The summed E-state index contributed by atoms with van der Waals surface area (Å²) in [5, 5.41) is 32.6. The van der Waals surface area contributed by atoms with E-state index < -0.39 is 15.8 Å². The van der Waals surface area contributed by atoms with Gasteiger partial charge in [-0.2, -0.15) is 0 Å². The lowest BCUT2D eigenvalue weighted by Crippen LogP contribution is -2.04. The van der Waals surface area contributed by atoms with Crippen molar-refractivity contribution < 1.29 is 19.7 Å². The van der Waals surface area contributed by atoms with Crippen molar-refractivity contribution in [2.45, 2.75) is 36.5 Å². The van der Waals surface area contributed by atoms with Gasteiger partial charge in [0.15, 0.2) is 0 Å². The van der Waals surface area contributed by atoms with E-state index >= 15 is 0 Å². The molecule has 0 aliphatic heterocycles. The molecule has 0 radical (unpaired) electrons. The van der Waals surface area contributed by atoms with Crippen molar-refractivity contribution in [3.63, 3.8) is 0 Å². The lowest BCUT2D eigenvalue weighted by atomic mass is 9.93. The zero-order valence-corrected chi connectivity index (χ0v) is 18.2. The molecule has 3 aromatic carbocycles. The molecule has 0 saturated carbocycles. The van der Waals surface area contributed by atoms with Crippen molar-refractivity contribution in [1.29, 1.82) is 0 Å². The van der Waals surface area contributed by atoms with Crippen molar-refractivity contribution in [3.8, 4) is 11.1 Å². The van der Waals surface area contributed by atoms with E-state index in [1.165, 1.54) is 30.0 Å². The predicted octanol–water partition coefficient (Wildman–Crippen LogP) is 6.14. The van der Waals surface area contributed by atoms with E-state index in [2.05, 4.69) is 0 Å². The quantitative estimate of drug-likeness (QED) is 0.321. The highest BCUT2D eigenvalue weighted by Crippen LogP contribution is 2.43. The largest absolute Gasteiger partial charge is 0.478 e. The Labute approximate surface area is 188 Å². The monoisotopic (exact) mass is 452 g/mol. The lowest BCUT2D eigenvalue weighted by Gasteiger charge is -2.16. The molecule has 0 heterocycles. The van der Waals surface area contributed by atoms with Gasteiger partial charge in [-0.15, -0.1) is 0 Å². The number of aryl methyl sites for hydroxylation is 1. The number of hydrogen-bond acceptors (Lipinski definition) is 6. The first-order chi connectivity index (χ1) is 15.3. The normalized spacial score (nSPS) is 10.7. The Morgan fingerprint density at radius 1 is 0.938 bits per heavy atom. The molecule has 9 heteroatoms. The van der Waals surface area contributed by atoms with Gasteiger partial charge in [-0.3, -0.25) is 20.2 Å². The molecule has 0 atom stereocenters. The van der Waals surface area contributed by atoms with Gasteiger partial charge in [-0.1, -0.05) is 43.8 Å². The molecular formula is C23H20N2O6S. The second kappa shape index (κ2) is 9.61. The highest BCUT2D eigenvalue weighted by Gasteiger charge is 2.24. The molecule has 3 aromatic rings. The van der Waals surface area contributed by atoms with E-state index in [0.29, 0.717) is 40.0 Å². The minimum Gasteiger partial charge on any atom is -0.478 e. The van der Waals surface area contributed by atoms with Gasteiger partial charge < -0.3 is 5.11 Å². The van der Waals surface area contributed by atoms with E-state index in [1.807, 2.05) is 6.92 Å². The van der Waals surface area contributed by atoms with E-state index in [-0.39, 0.29) is 16.9 Å². The van der Waals surface area contributed by atoms with Crippen LogP contribution in [0.25, 0.3) is 11.1 Å². The zero-order chi connectivity index (χ0) is 23.4. The second-order valence-corrected chi connectivity index (χ2v) is 8.02. The van der Waals surface area contributed by atoms with Gasteiger partial charge in [-0.25, -0.2) is 4.79 Å². The number of rotatable bonds is 8. The Hall–Kier alpha value is -3.72. The third kappa shape index (κ3) is 4.47. The van der Waals surface area contributed by atoms with Crippen LogP contribution < -0.4 is 0 Å². The van der Waals surface area contributed by atoms with E-state index in [4.69, 9.17) is 0 Å². The molecule has 0 bridgehead atoms. The minimum absolute atomic E-state index is 0.0336. The van der Waals surface area contributed by atoms with Crippen LogP contribution in [0.4, 0.5) is 11.4 Å². The summed E-state index contributed by atoms with van der Waals surface area (Å²) >= 11 is 1.29. The summed E-state index contributed by atoms with van der Waals surface area (Å²) in [5.74, 6) is -1.13. The van der Waals surface area contributed by atoms with Crippen LogP contribution >= 0.6 is 11.8 Å². The molecule has 164 valence electrons. The summed E-state index contributed by atoms with van der Waals surface area (Å²) in [6.45, 7) is 3.61. The number of nitro benzene ring substituents is 2. The van der Waals surface area contributed by atoms with Crippen LogP contribution in [-0.4, -0.2) is 20.9 Å². The number of benzene rings is 3. The van der Waals surface area contributed by atoms with Crippen LogP contribution in [0.3, 0.4) is 0 Å². The topological polar surface area (TPSA) is 124 Å². The average Bonchev–Trinajstić information content (AvgIpc) is 2.78. The molecule has 32 heavy (non-hydrogen) atoms. The number of carboxylic acid groups (broad SMARTS) is 1. The molecule has 0 saturated heterocycles. The van der Waals surface area contributed by atoms with Gasteiger partial charge in [0, 0.05) is 38.6 Å². The van der Waals surface area contributed by atoms with Crippen molar-refractivity contribution in [2.24, 2.45) is 0 Å². The third-order valence-electron chi connectivity index (χ3n) is 5.08. The van der Waals surface area contributed by atoms with Crippen LogP contribution in [-0.2, 0) is 12.8 Å². The highest BCUT2D eigenvalue weighted by molar-refractivity contribution is 7.99. The highest BCUT2D eigenvalue weighted by atomic mass is 32.2. The van der Waals surface area contributed by atoms with Crippen LogP contribution in [0.2, 0.25) is 0 Å². The van der Waals surface area contributed by atoms with Crippen molar-refractivity contribution in [2.75, 3.05) is 0 Å². The van der Waals surface area contributed by atoms with E-state index in [1.54, 1.807) is 43.3 Å². The summed E-state index contributed by atoms with van der Waals surface area (Å²) in [6.07, 6.45) is 0.800. The lowest BCUT2D eigenvalue weighted by molar-refractivity contribution is -0.385. The van der Waals surface area contributed by atoms with Crippen molar-refractivity contribution in [1.82, 2.24) is 0 Å². The maximum absolute atomic E-state index is 11.9.